The van der Waals surface area contributed by atoms with Crippen molar-refractivity contribution in [2.75, 3.05) is 132 Å². The lowest BCUT2D eigenvalue weighted by Gasteiger charge is -2.25. The maximum absolute atomic E-state index is 12.6. The maximum Gasteiger partial charge on any atom is 0.170 e. The Balaban J connectivity index is 0.000000111. The van der Waals surface area contributed by atoms with Gasteiger partial charge in [-0.2, -0.15) is 57.7 Å². The van der Waals surface area contributed by atoms with Crippen LogP contribution in [0.3, 0.4) is 0 Å². The number of rotatable bonds is 6. The summed E-state index contributed by atoms with van der Waals surface area (Å²) in [6.45, 7) is 8.07. The van der Waals surface area contributed by atoms with Crippen LogP contribution in [0.2, 0.25) is 0 Å². The van der Waals surface area contributed by atoms with Gasteiger partial charge < -0.3 is 82.9 Å². The number of fused-ring (bicyclic) bond motifs is 17. The fourth-order valence-corrected chi connectivity index (χ4v) is 17.1. The van der Waals surface area contributed by atoms with Gasteiger partial charge in [-0.05, 0) is 125 Å². The van der Waals surface area contributed by atoms with Crippen LogP contribution in [-0.2, 0) is 12.8 Å². The highest BCUT2D eigenvalue weighted by Crippen LogP contribution is 2.35. The third-order valence-corrected chi connectivity index (χ3v) is 24.6. The summed E-state index contributed by atoms with van der Waals surface area (Å²) in [4.78, 5) is 122. The molecule has 17 aromatic rings. The number of hydrogen-bond donors (Lipinski definition) is 12. The van der Waals surface area contributed by atoms with Crippen LogP contribution < -0.4 is 78.0 Å². The predicted octanol–water partition coefficient (Wildman–Crippen LogP) is 14.9. The van der Waals surface area contributed by atoms with Crippen LogP contribution in [-0.4, -0.2) is 226 Å². The zero-order valence-electron chi connectivity index (χ0n) is 81.1. The first-order chi connectivity index (χ1) is 71.3. The highest BCUT2D eigenvalue weighted by atomic mass is 16.5. The molecule has 12 N–H and O–H groups in total. The van der Waals surface area contributed by atoms with Crippen molar-refractivity contribution < 1.29 is 43.0 Å². The molecule has 24 heterocycles. The minimum Gasteiger partial charge on any atom is -0.493 e. The summed E-state index contributed by atoms with van der Waals surface area (Å²) < 4.78 is 26.9. The number of hydrogen-bond acceptors (Lipinski definition) is 40. The second-order valence-electron chi connectivity index (χ2n) is 34.6. The van der Waals surface area contributed by atoms with E-state index in [9.17, 15) is 28.8 Å². The third kappa shape index (κ3) is 21.7. The van der Waals surface area contributed by atoms with Crippen LogP contribution in [0.1, 0.15) is 175 Å². The van der Waals surface area contributed by atoms with E-state index in [1.165, 1.54) is 5.56 Å². The van der Waals surface area contributed by atoms with Crippen molar-refractivity contribution in [2.45, 2.75) is 116 Å². The van der Waals surface area contributed by atoms with E-state index >= 15 is 0 Å². The van der Waals surface area contributed by atoms with Gasteiger partial charge in [0.2, 0.25) is 0 Å². The van der Waals surface area contributed by atoms with Crippen molar-refractivity contribution in [2.24, 2.45) is 0 Å². The first-order valence-electron chi connectivity index (χ1n) is 47.9. The molecule has 146 heavy (non-hydrogen) atoms. The number of aromatic nitrogens is 24. The summed E-state index contributed by atoms with van der Waals surface area (Å²) in [7, 11) is 10.8. The molecule has 46 nitrogen and oxygen atoms in total. The number of pyridine rings is 4. The van der Waals surface area contributed by atoms with Crippen molar-refractivity contribution in [3.8, 4) is 17.2 Å². The number of nitrogens with zero attached hydrogens (tertiary/aromatic N) is 25. The lowest BCUT2D eigenvalue weighted by atomic mass is 10.0. The topological polar surface area (TPSA) is 536 Å². The van der Waals surface area contributed by atoms with E-state index in [1.807, 2.05) is 107 Å². The number of allylic oxidation sites excluding steroid dienone is 2. The number of ether oxygens (including phenoxy) is 3. The quantitative estimate of drug-likeness (QED) is 0.0735. The zero-order chi connectivity index (χ0) is 101. The number of anilines is 17. The number of aryl methyl sites for hydroxylation is 3. The molecule has 46 heteroatoms. The van der Waals surface area contributed by atoms with Crippen LogP contribution in [0, 0.1) is 6.92 Å². The number of carbonyl (C=O) groups is 6. The van der Waals surface area contributed by atoms with Crippen molar-refractivity contribution in [3.05, 3.63) is 240 Å². The first-order valence-corrected chi connectivity index (χ1v) is 47.9. The maximum atomic E-state index is 12.6. The van der Waals surface area contributed by atoms with E-state index in [2.05, 4.69) is 172 Å². The van der Waals surface area contributed by atoms with Gasteiger partial charge in [0, 0.05) is 172 Å². The Hall–Kier alpha value is -18.6. The molecule has 24 bridgehead atoms. The van der Waals surface area contributed by atoms with Gasteiger partial charge in [0.05, 0.1) is 126 Å². The Morgan fingerprint density at radius 3 is 1.13 bits per heavy atom. The smallest absolute Gasteiger partial charge is 0.170 e. The molecular formula is C100H105N37O9. The number of nitrogens with one attached hydrogen (secondary N) is 12. The Morgan fingerprint density at radius 1 is 0.322 bits per heavy atom. The molecule has 0 amide bonds. The van der Waals surface area contributed by atoms with Crippen LogP contribution in [0.15, 0.2) is 190 Å². The Labute approximate surface area is 834 Å². The van der Waals surface area contributed by atoms with Crippen molar-refractivity contribution >= 4 is 167 Å². The van der Waals surface area contributed by atoms with E-state index in [0.29, 0.717) is 220 Å². The average molecular weight is 1970 g/mol. The van der Waals surface area contributed by atoms with Gasteiger partial charge in [0.15, 0.2) is 74.4 Å². The second-order valence-corrected chi connectivity index (χ2v) is 34.6. The molecule has 0 aromatic carbocycles. The lowest BCUT2D eigenvalue weighted by Crippen LogP contribution is -2.21. The molecule has 0 aliphatic carbocycles. The molecule has 0 fully saturated rings. The molecule has 0 saturated heterocycles. The average Bonchev–Trinajstić information content (AvgIpc) is 1.66. The highest BCUT2D eigenvalue weighted by molar-refractivity contribution is 6.05. The van der Waals surface area contributed by atoms with Gasteiger partial charge in [0.25, 0.3) is 0 Å². The fourth-order valence-electron chi connectivity index (χ4n) is 17.1. The monoisotopic (exact) mass is 1970 g/mol. The van der Waals surface area contributed by atoms with E-state index in [0.717, 1.165) is 121 Å². The van der Waals surface area contributed by atoms with Crippen LogP contribution in [0.25, 0.3) is 33.9 Å². The molecule has 744 valence electrons. The minimum absolute atomic E-state index is 0.00406. The van der Waals surface area contributed by atoms with Crippen molar-refractivity contribution in [1.29, 1.82) is 0 Å². The molecule has 0 atom stereocenters. The summed E-state index contributed by atoms with van der Waals surface area (Å²) in [5, 5.41) is 71.8. The molecule has 0 radical (unpaired) electrons. The van der Waals surface area contributed by atoms with Gasteiger partial charge in [-0.3, -0.25) is 38.7 Å². The third-order valence-electron chi connectivity index (χ3n) is 24.6. The van der Waals surface area contributed by atoms with Gasteiger partial charge in [-0.1, -0.05) is 6.58 Å². The highest BCUT2D eigenvalue weighted by Gasteiger charge is 2.28. The molecule has 7 aliphatic heterocycles. The van der Waals surface area contributed by atoms with Crippen LogP contribution in [0.4, 0.5) is 98.6 Å². The summed E-state index contributed by atoms with van der Waals surface area (Å²) in [6, 6.07) is 24.4. The standard InChI is InChI=1S/C18H20N6O.2C17H18N6O.C16H17N7O2.2C16H16N6O2/c1-12-6-7-13-11-23(12)8-4-3-5-15(25)14-10-20-24-17(19-2)9-16(21-13)22-18(14)24;1-18-16-7-15-21-12-6-11(8-19-9-12)4-2-3-5-14(24)13-10-20-23(16)17(13)22-15;1-18-16-9-15-21-14-8-11(6-7-19-14)4-2-3-5-13(24)12-10-20-23(16)17(12)22-15;1-9-12-6-14(22-21-9)19-13-7-15(17-2)23-16(20-13)10(8-18-23)11(24)4-3-5-25-12;1-17-15-8-14-20-13-7-10(4-5-18-13)24-6-2-3-12(23)11-9-19-22(15)16(11)21-14;1-17-15-6-14-20-10-5-11(8-18-7-10)24-4-2-3-13(23)12-9-19-22(15)16(12)21-14/h6-7,9-11,19H,1,3-5,8H2,2H3,(H,21,22);6-10,18H,2-5H2,1H3,(H,21,22);6-10,18H,2-5H2,1H3,(H,19,21,22);6-8,17H,3-5H2,1-2H3,(H,19,20,22);4-5,7-9,17H,2-3,6H2,1H3,(H,18,20,21);5-9,17H,2-4H2,1H3,(H,20,21). The van der Waals surface area contributed by atoms with Gasteiger partial charge in [-0.15, -0.1) is 10.2 Å². The largest absolute Gasteiger partial charge is 0.493 e. The van der Waals surface area contributed by atoms with E-state index in [-0.39, 0.29) is 34.7 Å². The lowest BCUT2D eigenvalue weighted by molar-refractivity contribution is 0.0967. The first kappa shape index (κ1) is 96.3. The summed E-state index contributed by atoms with van der Waals surface area (Å²) in [6.07, 6.45) is 37.6. The number of carbonyl (C=O) groups excluding carboxylic acids is 6. The SMILES string of the molecule is C=C1C=CC2=CN1CCCCC(=O)c1cnn3c(NC)cc(nc13)N2.CNc1cc2nc3c(cnn13)C(=O)CCCCc1ccnc(c1)N2.CNc1cc2nc3c(cnn13)C(=O)CCCCc1cncc(c1)N2.CNc1cc2nc3c(cnn13)C(=O)CCCOc1cc(nnc1C)N2.CNc1cc2nc3c(cnn13)C(=O)CCCOc1ccnc(c1)N2.CNc1cc2nc3c(cnn13)C(=O)CCCOc1cncc(c1)N2. The number of ketones is 6. The fraction of sp³-hybridized carbons (Fsp3) is 0.280. The Morgan fingerprint density at radius 2 is 0.685 bits per heavy atom. The summed E-state index contributed by atoms with van der Waals surface area (Å²) in [5.41, 5.74) is 13.0. The van der Waals surface area contributed by atoms with E-state index in [4.69, 9.17) is 14.2 Å². The molecule has 0 saturated carbocycles. The zero-order valence-corrected chi connectivity index (χ0v) is 81.1. The van der Waals surface area contributed by atoms with Crippen molar-refractivity contribution in [3.63, 3.8) is 0 Å². The molecular weight excluding hydrogens is 1860 g/mol. The molecule has 17 aromatic heterocycles. The van der Waals surface area contributed by atoms with Crippen LogP contribution in [0.5, 0.6) is 17.2 Å². The molecule has 0 unspecified atom stereocenters. The Kier molecular flexibility index (Phi) is 28.8. The summed E-state index contributed by atoms with van der Waals surface area (Å²) >= 11 is 0. The van der Waals surface area contributed by atoms with Gasteiger partial charge in [-0.25, -0.2) is 39.9 Å². The van der Waals surface area contributed by atoms with Crippen LogP contribution >= 0.6 is 0 Å². The van der Waals surface area contributed by atoms with E-state index in [1.54, 1.807) is 135 Å². The second kappa shape index (κ2) is 43.7. The van der Waals surface area contributed by atoms with Gasteiger partial charge in [0.1, 0.15) is 104 Å². The molecule has 24 rings (SSSR count). The molecule has 7 aliphatic rings. The molecule has 0 spiro atoms. The Bertz CT molecular complexity index is 7320. The predicted molar refractivity (Wildman–Crippen MR) is 551 cm³/mol. The minimum atomic E-state index is -0.00997. The number of Topliss-reactive ketones (excluding diaryl/α,β-unsaturated/α-hetero) is 6. The summed E-state index contributed by atoms with van der Waals surface area (Å²) in [5.74, 6) is 12.2. The normalized spacial score (nSPS) is 15.0. The van der Waals surface area contributed by atoms with E-state index < -0.39 is 0 Å². The van der Waals surface area contributed by atoms with Gasteiger partial charge >= 0.3 is 0 Å². The van der Waals surface area contributed by atoms with Crippen molar-refractivity contribution in [1.82, 2.24) is 123 Å².